The summed E-state index contributed by atoms with van der Waals surface area (Å²) < 4.78 is 3.36. The van der Waals surface area contributed by atoms with Gasteiger partial charge in [0.2, 0.25) is 11.9 Å². The fraction of sp³-hybridized carbons (Fsp3) is 0.278. The number of amides is 1. The highest BCUT2D eigenvalue weighted by Crippen LogP contribution is 2.28. The number of rotatable bonds is 3. The lowest BCUT2D eigenvalue weighted by atomic mass is 10.1. The maximum atomic E-state index is 12.3. The zero-order valence-electron chi connectivity index (χ0n) is 15.3. The number of nitrogens with zero attached hydrogens (tertiary/aromatic N) is 7. The van der Waals surface area contributed by atoms with Gasteiger partial charge in [-0.3, -0.25) is 4.79 Å². The summed E-state index contributed by atoms with van der Waals surface area (Å²) in [7, 11) is 1.80. The number of nitrogens with one attached hydrogen (secondary N) is 1. The molecule has 0 unspecified atom stereocenters. The quantitative estimate of drug-likeness (QED) is 0.548. The van der Waals surface area contributed by atoms with Gasteiger partial charge in [-0.05, 0) is 25.0 Å². The standard InChI is InChI=1S/C18H19N9O/c1-25-8-2-3-13(17(25)28)22-18-23-16(19)15-11(5-9-27(15)24-18)12-6-10-26-14(21-12)4-7-20-26/h4-7,9-10,13H,2-3,8H2,1H3,(H3,19,22,23,24)/t13-/m1/s1. The number of carbonyl (C=O) groups excluding carboxylic acids is 1. The van der Waals surface area contributed by atoms with Crippen molar-refractivity contribution in [3.05, 3.63) is 36.8 Å². The Morgan fingerprint density at radius 3 is 2.93 bits per heavy atom. The molecule has 10 heteroatoms. The van der Waals surface area contributed by atoms with Crippen molar-refractivity contribution in [3.8, 4) is 11.3 Å². The van der Waals surface area contributed by atoms with Crippen LogP contribution >= 0.6 is 0 Å². The highest BCUT2D eigenvalue weighted by Gasteiger charge is 2.27. The van der Waals surface area contributed by atoms with Crippen molar-refractivity contribution in [1.29, 1.82) is 0 Å². The average molecular weight is 377 g/mol. The Kier molecular flexibility index (Phi) is 3.64. The molecular formula is C18H19N9O. The maximum Gasteiger partial charge on any atom is 0.244 e. The first-order valence-corrected chi connectivity index (χ1v) is 9.07. The second kappa shape index (κ2) is 6.19. The molecule has 0 radical (unpaired) electrons. The molecule has 1 fully saturated rings. The van der Waals surface area contributed by atoms with Crippen LogP contribution in [0.3, 0.4) is 0 Å². The van der Waals surface area contributed by atoms with Gasteiger partial charge in [-0.1, -0.05) is 0 Å². The summed E-state index contributed by atoms with van der Waals surface area (Å²) >= 11 is 0. The minimum absolute atomic E-state index is 0.0417. The molecule has 28 heavy (non-hydrogen) atoms. The van der Waals surface area contributed by atoms with Gasteiger partial charge < -0.3 is 16.0 Å². The molecule has 4 aromatic heterocycles. The van der Waals surface area contributed by atoms with Crippen LogP contribution in [0.2, 0.25) is 0 Å². The van der Waals surface area contributed by atoms with Crippen LogP contribution in [0.1, 0.15) is 12.8 Å². The third kappa shape index (κ3) is 2.61. The van der Waals surface area contributed by atoms with Crippen molar-refractivity contribution in [3.63, 3.8) is 0 Å². The van der Waals surface area contributed by atoms with Crippen molar-refractivity contribution in [1.82, 2.24) is 34.1 Å². The third-order valence-corrected chi connectivity index (χ3v) is 5.04. The van der Waals surface area contributed by atoms with Crippen molar-refractivity contribution in [2.75, 3.05) is 24.6 Å². The Morgan fingerprint density at radius 1 is 1.18 bits per heavy atom. The van der Waals surface area contributed by atoms with E-state index in [1.165, 1.54) is 0 Å². The summed E-state index contributed by atoms with van der Waals surface area (Å²) in [5.74, 6) is 0.698. The zero-order valence-corrected chi connectivity index (χ0v) is 15.3. The fourth-order valence-corrected chi connectivity index (χ4v) is 3.60. The van der Waals surface area contributed by atoms with E-state index in [1.807, 2.05) is 30.6 Å². The minimum atomic E-state index is -0.337. The molecule has 0 saturated carbocycles. The van der Waals surface area contributed by atoms with Crippen molar-refractivity contribution in [2.45, 2.75) is 18.9 Å². The predicted molar refractivity (Wildman–Crippen MR) is 104 cm³/mol. The van der Waals surface area contributed by atoms with E-state index in [0.29, 0.717) is 17.3 Å². The molecule has 0 spiro atoms. The zero-order chi connectivity index (χ0) is 19.3. The third-order valence-electron chi connectivity index (χ3n) is 5.04. The average Bonchev–Trinajstić information content (AvgIpc) is 3.31. The minimum Gasteiger partial charge on any atom is -0.382 e. The molecule has 4 aromatic rings. The maximum absolute atomic E-state index is 12.3. The monoisotopic (exact) mass is 377 g/mol. The van der Waals surface area contributed by atoms with Crippen molar-refractivity contribution >= 4 is 28.8 Å². The van der Waals surface area contributed by atoms with E-state index < -0.39 is 0 Å². The van der Waals surface area contributed by atoms with Gasteiger partial charge in [0, 0.05) is 37.6 Å². The Labute approximate surface area is 160 Å². The number of hydrogen-bond donors (Lipinski definition) is 2. The second-order valence-corrected chi connectivity index (χ2v) is 6.89. The van der Waals surface area contributed by atoms with Crippen LogP contribution in [0.15, 0.2) is 36.8 Å². The van der Waals surface area contributed by atoms with Crippen LogP contribution in [0.5, 0.6) is 0 Å². The van der Waals surface area contributed by atoms with E-state index in [1.54, 1.807) is 27.2 Å². The predicted octanol–water partition coefficient (Wildman–Crippen LogP) is 1.05. The highest BCUT2D eigenvalue weighted by atomic mass is 16.2. The van der Waals surface area contributed by atoms with Crippen LogP contribution in [0, 0.1) is 0 Å². The summed E-state index contributed by atoms with van der Waals surface area (Å²) in [6.45, 7) is 0.772. The number of anilines is 2. The molecule has 1 aliphatic heterocycles. The number of fused-ring (bicyclic) bond motifs is 2. The van der Waals surface area contributed by atoms with Crippen LogP contribution in [0.25, 0.3) is 22.4 Å². The number of aromatic nitrogens is 6. The highest BCUT2D eigenvalue weighted by molar-refractivity contribution is 5.87. The summed E-state index contributed by atoms with van der Waals surface area (Å²) in [6.07, 6.45) is 7.04. The van der Waals surface area contributed by atoms with Gasteiger partial charge in [0.05, 0.1) is 11.9 Å². The van der Waals surface area contributed by atoms with Gasteiger partial charge in [-0.15, -0.1) is 5.10 Å². The first-order chi connectivity index (χ1) is 13.6. The first kappa shape index (κ1) is 16.5. The number of nitrogens with two attached hydrogens (primary N) is 1. The van der Waals surface area contributed by atoms with E-state index in [2.05, 4.69) is 25.5 Å². The Hall–Kier alpha value is -3.69. The molecule has 0 bridgehead atoms. The van der Waals surface area contributed by atoms with Gasteiger partial charge in [0.1, 0.15) is 11.6 Å². The molecule has 1 amide bonds. The normalized spacial score (nSPS) is 17.5. The van der Waals surface area contributed by atoms with Crippen LogP contribution in [0.4, 0.5) is 11.8 Å². The fourth-order valence-electron chi connectivity index (χ4n) is 3.60. The molecule has 142 valence electrons. The van der Waals surface area contributed by atoms with Gasteiger partial charge >= 0.3 is 0 Å². The Bertz CT molecular complexity index is 1190. The second-order valence-electron chi connectivity index (χ2n) is 6.89. The van der Waals surface area contributed by atoms with E-state index >= 15 is 0 Å². The molecule has 1 aliphatic rings. The van der Waals surface area contributed by atoms with Crippen molar-refractivity contribution in [2.24, 2.45) is 0 Å². The van der Waals surface area contributed by atoms with Crippen LogP contribution in [-0.2, 0) is 4.79 Å². The Balaban J connectivity index is 1.51. The molecule has 5 heterocycles. The lowest BCUT2D eigenvalue weighted by Crippen LogP contribution is -2.45. The summed E-state index contributed by atoms with van der Waals surface area (Å²) in [4.78, 5) is 23.0. The van der Waals surface area contributed by atoms with Crippen LogP contribution in [-0.4, -0.2) is 59.6 Å². The molecule has 0 aliphatic carbocycles. The van der Waals surface area contributed by atoms with Crippen LogP contribution < -0.4 is 11.1 Å². The molecule has 1 atom stereocenters. The van der Waals surface area contributed by atoms with Gasteiger partial charge in [-0.2, -0.15) is 10.1 Å². The summed E-state index contributed by atoms with van der Waals surface area (Å²) in [5.41, 5.74) is 9.26. The molecule has 3 N–H and O–H groups in total. The molecular weight excluding hydrogens is 358 g/mol. The number of piperidine rings is 1. The van der Waals surface area contributed by atoms with Gasteiger partial charge in [0.15, 0.2) is 11.5 Å². The lowest BCUT2D eigenvalue weighted by Gasteiger charge is -2.29. The number of hydrogen-bond acceptors (Lipinski definition) is 7. The van der Waals surface area contributed by atoms with Crippen molar-refractivity contribution < 1.29 is 4.79 Å². The van der Waals surface area contributed by atoms with E-state index in [-0.39, 0.29) is 11.9 Å². The summed E-state index contributed by atoms with van der Waals surface area (Å²) in [5, 5.41) is 11.8. The summed E-state index contributed by atoms with van der Waals surface area (Å²) in [6, 6.07) is 5.27. The van der Waals surface area contributed by atoms with Gasteiger partial charge in [-0.25, -0.2) is 14.0 Å². The van der Waals surface area contributed by atoms with E-state index in [0.717, 1.165) is 36.3 Å². The molecule has 1 saturated heterocycles. The van der Waals surface area contributed by atoms with E-state index in [4.69, 9.17) is 5.73 Å². The number of likely N-dealkylation sites (N-methyl/N-ethyl adjacent to an activating group) is 1. The number of nitrogen functional groups attached to an aromatic ring is 1. The Morgan fingerprint density at radius 2 is 2.04 bits per heavy atom. The largest absolute Gasteiger partial charge is 0.382 e. The molecule has 10 nitrogen and oxygen atoms in total. The SMILES string of the molecule is CN1CCC[C@@H](Nc2nc(N)c3c(-c4ccn5nccc5n4)ccn3n2)C1=O. The number of carbonyl (C=O) groups is 1. The topological polar surface area (TPSA) is 119 Å². The lowest BCUT2D eigenvalue weighted by molar-refractivity contribution is -0.132. The first-order valence-electron chi connectivity index (χ1n) is 9.07. The molecule has 0 aromatic carbocycles. The molecule has 5 rings (SSSR count). The number of likely N-dealkylation sites (tertiary alicyclic amines) is 1. The van der Waals surface area contributed by atoms with E-state index in [9.17, 15) is 4.79 Å². The smallest absolute Gasteiger partial charge is 0.244 e. The van der Waals surface area contributed by atoms with Gasteiger partial charge in [0.25, 0.3) is 0 Å².